The fourth-order valence-electron chi connectivity index (χ4n) is 1.66. The maximum Gasteiger partial charge on any atom is 0.338 e. The van der Waals surface area contributed by atoms with Gasteiger partial charge in [-0.15, -0.1) is 0 Å². The van der Waals surface area contributed by atoms with E-state index in [2.05, 4.69) is 5.32 Å². The van der Waals surface area contributed by atoms with E-state index in [-0.39, 0.29) is 22.6 Å². The van der Waals surface area contributed by atoms with Crippen molar-refractivity contribution in [3.63, 3.8) is 0 Å². The highest BCUT2D eigenvalue weighted by molar-refractivity contribution is 5.96. The Hall–Kier alpha value is -3.03. The number of nitrogens with zero attached hydrogens (tertiary/aromatic N) is 1. The summed E-state index contributed by atoms with van der Waals surface area (Å²) in [5.41, 5.74) is -0.596. The van der Waals surface area contributed by atoms with Crippen molar-refractivity contribution in [3.05, 3.63) is 63.7 Å². The molecule has 2 aromatic carbocycles. The van der Waals surface area contributed by atoms with E-state index in [9.17, 15) is 23.7 Å². The maximum absolute atomic E-state index is 13.1. The summed E-state index contributed by atoms with van der Waals surface area (Å²) in [6.45, 7) is 0. The minimum absolute atomic E-state index is 0.0270. The molecule has 2 aromatic rings. The highest BCUT2D eigenvalue weighted by Gasteiger charge is 2.16. The average molecular weight is 294 g/mol. The second-order valence-electron chi connectivity index (χ2n) is 4.05. The Morgan fingerprint density at radius 3 is 2.43 bits per heavy atom. The quantitative estimate of drug-likeness (QED) is 0.666. The number of hydrogen-bond donors (Lipinski definition) is 2. The molecule has 108 valence electrons. The predicted molar refractivity (Wildman–Crippen MR) is 69.7 cm³/mol. The molecule has 21 heavy (non-hydrogen) atoms. The molecule has 0 heterocycles. The number of nitrogens with one attached hydrogen (secondary N) is 1. The summed E-state index contributed by atoms with van der Waals surface area (Å²) in [5, 5.41) is 22.3. The lowest BCUT2D eigenvalue weighted by Crippen LogP contribution is -2.04. The SMILES string of the molecule is O=C(O)c1cc([N+](=O)[O-])ccc1Nc1ccc(F)c(F)c1. The van der Waals surface area contributed by atoms with Gasteiger partial charge in [0.2, 0.25) is 0 Å². The highest BCUT2D eigenvalue weighted by Crippen LogP contribution is 2.26. The van der Waals surface area contributed by atoms with Gasteiger partial charge in [-0.1, -0.05) is 0 Å². The van der Waals surface area contributed by atoms with Gasteiger partial charge in [-0.2, -0.15) is 0 Å². The number of hydrogen-bond acceptors (Lipinski definition) is 4. The highest BCUT2D eigenvalue weighted by atomic mass is 19.2. The Kier molecular flexibility index (Phi) is 3.79. The first-order chi connectivity index (χ1) is 9.88. The normalized spacial score (nSPS) is 10.2. The molecule has 0 aliphatic heterocycles. The molecule has 2 rings (SSSR count). The molecule has 0 saturated carbocycles. The molecule has 0 bridgehead atoms. The average Bonchev–Trinajstić information content (AvgIpc) is 2.43. The molecular formula is C13H8F2N2O4. The summed E-state index contributed by atoms with van der Waals surface area (Å²) in [5.74, 6) is -3.52. The first-order valence-electron chi connectivity index (χ1n) is 5.62. The lowest BCUT2D eigenvalue weighted by atomic mass is 10.1. The molecule has 6 nitrogen and oxygen atoms in total. The maximum atomic E-state index is 13.1. The predicted octanol–water partition coefficient (Wildman–Crippen LogP) is 3.31. The zero-order chi connectivity index (χ0) is 15.6. The van der Waals surface area contributed by atoms with Crippen LogP contribution < -0.4 is 5.32 Å². The topological polar surface area (TPSA) is 92.5 Å². The fraction of sp³-hybridized carbons (Fsp3) is 0. The minimum Gasteiger partial charge on any atom is -0.478 e. The van der Waals surface area contributed by atoms with Gasteiger partial charge in [-0.25, -0.2) is 13.6 Å². The van der Waals surface area contributed by atoms with Crippen molar-refractivity contribution in [1.29, 1.82) is 0 Å². The number of benzene rings is 2. The van der Waals surface area contributed by atoms with Crippen molar-refractivity contribution in [3.8, 4) is 0 Å². The summed E-state index contributed by atoms with van der Waals surface area (Å²) in [4.78, 5) is 21.0. The molecule has 0 aliphatic rings. The number of carboxylic acid groups (broad SMARTS) is 1. The molecule has 0 unspecified atom stereocenters. The summed E-state index contributed by atoms with van der Waals surface area (Å²) >= 11 is 0. The van der Waals surface area contributed by atoms with Crippen molar-refractivity contribution in [1.82, 2.24) is 0 Å². The van der Waals surface area contributed by atoms with Crippen LogP contribution in [-0.4, -0.2) is 16.0 Å². The molecule has 8 heteroatoms. The summed E-state index contributed by atoms with van der Waals surface area (Å²) in [6, 6.07) is 6.11. The number of rotatable bonds is 4. The molecule has 0 spiro atoms. The van der Waals surface area contributed by atoms with E-state index in [0.717, 1.165) is 24.3 Å². The van der Waals surface area contributed by atoms with Crippen LogP contribution in [0.4, 0.5) is 25.8 Å². The molecule has 0 saturated heterocycles. The molecule has 2 N–H and O–H groups in total. The van der Waals surface area contributed by atoms with Crippen LogP contribution in [0.15, 0.2) is 36.4 Å². The summed E-state index contributed by atoms with van der Waals surface area (Å²) in [7, 11) is 0. The second kappa shape index (κ2) is 5.53. The third-order valence-corrected chi connectivity index (χ3v) is 2.64. The summed E-state index contributed by atoms with van der Waals surface area (Å²) in [6.07, 6.45) is 0. The number of halogens is 2. The first-order valence-corrected chi connectivity index (χ1v) is 5.62. The Bertz CT molecular complexity index is 734. The number of anilines is 2. The van der Waals surface area contributed by atoms with E-state index in [1.165, 1.54) is 12.1 Å². The second-order valence-corrected chi connectivity index (χ2v) is 4.05. The van der Waals surface area contributed by atoms with E-state index in [4.69, 9.17) is 5.11 Å². The van der Waals surface area contributed by atoms with E-state index < -0.39 is 22.5 Å². The lowest BCUT2D eigenvalue weighted by Gasteiger charge is -2.09. The largest absolute Gasteiger partial charge is 0.478 e. The van der Waals surface area contributed by atoms with Gasteiger partial charge >= 0.3 is 5.97 Å². The third-order valence-electron chi connectivity index (χ3n) is 2.64. The van der Waals surface area contributed by atoms with Gasteiger partial charge < -0.3 is 10.4 Å². The Morgan fingerprint density at radius 2 is 1.86 bits per heavy atom. The van der Waals surface area contributed by atoms with Gasteiger partial charge in [0.1, 0.15) is 0 Å². The number of nitro benzene ring substituents is 1. The zero-order valence-corrected chi connectivity index (χ0v) is 10.3. The van der Waals surface area contributed by atoms with Crippen molar-refractivity contribution >= 4 is 23.0 Å². The number of non-ortho nitro benzene ring substituents is 1. The molecule has 0 atom stereocenters. The number of carboxylic acids is 1. The monoisotopic (exact) mass is 294 g/mol. The van der Waals surface area contributed by atoms with E-state index in [1.54, 1.807) is 0 Å². The Balaban J connectivity index is 2.41. The van der Waals surface area contributed by atoms with E-state index in [0.29, 0.717) is 0 Å². The molecule has 0 radical (unpaired) electrons. The van der Waals surface area contributed by atoms with Crippen molar-refractivity contribution < 1.29 is 23.6 Å². The van der Waals surface area contributed by atoms with E-state index in [1.807, 2.05) is 0 Å². The Morgan fingerprint density at radius 1 is 1.14 bits per heavy atom. The minimum atomic E-state index is -1.39. The van der Waals surface area contributed by atoms with Crippen LogP contribution in [0.25, 0.3) is 0 Å². The van der Waals surface area contributed by atoms with Crippen LogP contribution in [0.3, 0.4) is 0 Å². The molecule has 0 amide bonds. The first kappa shape index (κ1) is 14.4. The van der Waals surface area contributed by atoms with Gasteiger partial charge in [0.15, 0.2) is 11.6 Å². The van der Waals surface area contributed by atoms with Gasteiger partial charge in [0.05, 0.1) is 16.2 Å². The van der Waals surface area contributed by atoms with Crippen LogP contribution in [0.1, 0.15) is 10.4 Å². The number of carbonyl (C=O) groups is 1. The standard InChI is InChI=1S/C13H8F2N2O4/c14-10-3-1-7(5-11(10)15)16-12-4-2-8(17(20)21)6-9(12)13(18)19/h1-6,16H,(H,18,19). The van der Waals surface area contributed by atoms with Gasteiger partial charge in [0, 0.05) is 23.9 Å². The molecule has 0 fully saturated rings. The Labute approximate surface area is 116 Å². The molecule has 0 aromatic heterocycles. The van der Waals surface area contributed by atoms with Gasteiger partial charge in [-0.3, -0.25) is 10.1 Å². The van der Waals surface area contributed by atoms with E-state index >= 15 is 0 Å². The third kappa shape index (κ3) is 3.11. The van der Waals surface area contributed by atoms with Crippen LogP contribution in [0.2, 0.25) is 0 Å². The van der Waals surface area contributed by atoms with Crippen LogP contribution in [-0.2, 0) is 0 Å². The lowest BCUT2D eigenvalue weighted by molar-refractivity contribution is -0.384. The van der Waals surface area contributed by atoms with Crippen LogP contribution >= 0.6 is 0 Å². The fourth-order valence-corrected chi connectivity index (χ4v) is 1.66. The molecule has 0 aliphatic carbocycles. The smallest absolute Gasteiger partial charge is 0.338 e. The van der Waals surface area contributed by atoms with Crippen molar-refractivity contribution in [2.75, 3.05) is 5.32 Å². The van der Waals surface area contributed by atoms with Crippen molar-refractivity contribution in [2.24, 2.45) is 0 Å². The zero-order valence-electron chi connectivity index (χ0n) is 10.3. The number of nitro groups is 1. The number of aromatic carboxylic acids is 1. The van der Waals surface area contributed by atoms with Crippen LogP contribution in [0, 0.1) is 21.7 Å². The van der Waals surface area contributed by atoms with Gasteiger partial charge in [-0.05, 0) is 18.2 Å². The molecular weight excluding hydrogens is 286 g/mol. The van der Waals surface area contributed by atoms with Gasteiger partial charge in [0.25, 0.3) is 5.69 Å². The van der Waals surface area contributed by atoms with Crippen LogP contribution in [0.5, 0.6) is 0 Å². The van der Waals surface area contributed by atoms with Crippen molar-refractivity contribution in [2.45, 2.75) is 0 Å². The summed E-state index contributed by atoms with van der Waals surface area (Å²) < 4.78 is 25.9.